The van der Waals surface area contributed by atoms with Crippen LogP contribution in [0, 0.1) is 5.92 Å². The highest BCUT2D eigenvalue weighted by Gasteiger charge is 2.44. The van der Waals surface area contributed by atoms with E-state index in [0.717, 1.165) is 43.6 Å². The van der Waals surface area contributed by atoms with Crippen molar-refractivity contribution in [1.82, 2.24) is 45.3 Å². The molecule has 2 N–H and O–H groups in total. The van der Waals surface area contributed by atoms with Gasteiger partial charge < -0.3 is 15.2 Å². The van der Waals surface area contributed by atoms with Gasteiger partial charge >= 0.3 is 18.1 Å². The van der Waals surface area contributed by atoms with E-state index in [1.54, 1.807) is 24.9 Å². The fourth-order valence-electron chi connectivity index (χ4n) is 4.16. The Bertz CT molecular complexity index is 1260. The fourth-order valence-corrected chi connectivity index (χ4v) is 4.16. The van der Waals surface area contributed by atoms with E-state index in [1.807, 2.05) is 15.4 Å². The number of hydrogen-bond donors (Lipinski definition) is 2. The number of alkyl halides is 3. The highest BCUT2D eigenvalue weighted by molar-refractivity contribution is 5.87. The first-order valence-corrected chi connectivity index (χ1v) is 11.7. The predicted octanol–water partition coefficient (Wildman–Crippen LogP) is 1.75. The lowest BCUT2D eigenvalue weighted by Gasteiger charge is -2.38. The second-order valence-electron chi connectivity index (χ2n) is 9.47. The van der Waals surface area contributed by atoms with Gasteiger partial charge in [-0.25, -0.2) is 24.2 Å². The van der Waals surface area contributed by atoms with Gasteiger partial charge in [-0.05, 0) is 66.6 Å². The van der Waals surface area contributed by atoms with Gasteiger partial charge in [-0.2, -0.15) is 18.3 Å². The molecule has 204 valence electrons. The molecule has 13 nitrogen and oxygen atoms in total. The number of esters is 1. The van der Waals surface area contributed by atoms with Gasteiger partial charge in [0, 0.05) is 18.8 Å². The lowest BCUT2D eigenvalue weighted by atomic mass is 9.79. The maximum atomic E-state index is 12.0. The zero-order valence-electron chi connectivity index (χ0n) is 20.5. The van der Waals surface area contributed by atoms with Crippen LogP contribution < -0.4 is 5.32 Å². The Morgan fingerprint density at radius 2 is 2.03 bits per heavy atom. The molecule has 1 unspecified atom stereocenters. The Hall–Kier alpha value is -3.95. The van der Waals surface area contributed by atoms with Gasteiger partial charge in [-0.1, -0.05) is 0 Å². The van der Waals surface area contributed by atoms with Crippen LogP contribution in [0.1, 0.15) is 60.5 Å². The summed E-state index contributed by atoms with van der Waals surface area (Å²) in [5.41, 5.74) is 1.10. The van der Waals surface area contributed by atoms with Crippen molar-refractivity contribution in [3.05, 3.63) is 48.1 Å². The molecule has 1 atom stereocenters. The Labute approximate surface area is 214 Å². The second kappa shape index (κ2) is 10.8. The summed E-state index contributed by atoms with van der Waals surface area (Å²) in [4.78, 5) is 29.1. The van der Waals surface area contributed by atoms with Crippen LogP contribution in [-0.2, 0) is 21.6 Å². The number of pyridine rings is 1. The molecular formula is C22H26F3N9O4. The van der Waals surface area contributed by atoms with Crippen molar-refractivity contribution in [2.75, 3.05) is 7.11 Å². The van der Waals surface area contributed by atoms with E-state index < -0.39 is 18.1 Å². The predicted molar refractivity (Wildman–Crippen MR) is 121 cm³/mol. The van der Waals surface area contributed by atoms with Crippen molar-refractivity contribution in [2.45, 2.75) is 63.0 Å². The molecule has 3 heterocycles. The van der Waals surface area contributed by atoms with Crippen LogP contribution in [0.4, 0.5) is 13.2 Å². The van der Waals surface area contributed by atoms with E-state index in [4.69, 9.17) is 14.6 Å². The van der Waals surface area contributed by atoms with Crippen LogP contribution in [0.5, 0.6) is 0 Å². The molecule has 38 heavy (non-hydrogen) atoms. The highest BCUT2D eigenvalue weighted by atomic mass is 19.4. The minimum atomic E-state index is -5.08. The Kier molecular flexibility index (Phi) is 7.71. The molecule has 0 aromatic carbocycles. The van der Waals surface area contributed by atoms with E-state index in [-0.39, 0.29) is 17.3 Å². The monoisotopic (exact) mass is 537 g/mol. The maximum Gasteiger partial charge on any atom is 0.490 e. The summed E-state index contributed by atoms with van der Waals surface area (Å²) < 4.78 is 40.4. The van der Waals surface area contributed by atoms with Crippen LogP contribution in [0.15, 0.2) is 31.0 Å². The minimum absolute atomic E-state index is 0.0494. The topological polar surface area (TPSA) is 163 Å². The zero-order chi connectivity index (χ0) is 27.5. The molecule has 0 amide bonds. The molecule has 2 saturated carbocycles. The first-order valence-electron chi connectivity index (χ1n) is 11.7. The van der Waals surface area contributed by atoms with E-state index in [9.17, 15) is 18.0 Å². The number of tetrazole rings is 1. The fraction of sp³-hybridized carbons (Fsp3) is 0.545. The van der Waals surface area contributed by atoms with Crippen molar-refractivity contribution in [1.29, 1.82) is 0 Å². The molecule has 0 radical (unpaired) electrons. The smallest absolute Gasteiger partial charge is 0.475 e. The van der Waals surface area contributed by atoms with Crippen molar-refractivity contribution < 1.29 is 32.6 Å². The van der Waals surface area contributed by atoms with Crippen LogP contribution >= 0.6 is 0 Å². The summed E-state index contributed by atoms with van der Waals surface area (Å²) in [7, 11) is 1.35. The highest BCUT2D eigenvalue weighted by Crippen LogP contribution is 2.44. The van der Waals surface area contributed by atoms with E-state index in [1.165, 1.54) is 7.11 Å². The molecule has 2 fully saturated rings. The van der Waals surface area contributed by atoms with Crippen molar-refractivity contribution in [3.8, 4) is 0 Å². The molecule has 0 saturated heterocycles. The van der Waals surface area contributed by atoms with Crippen molar-refractivity contribution in [2.24, 2.45) is 5.92 Å². The first kappa shape index (κ1) is 27.1. The molecule has 5 rings (SSSR count). The number of methoxy groups -OCH3 is 1. The number of nitrogens with one attached hydrogen (secondary N) is 1. The first-order chi connectivity index (χ1) is 18.0. The number of ether oxygens (including phenoxy) is 1. The largest absolute Gasteiger partial charge is 0.490 e. The molecule has 3 aromatic rings. The summed E-state index contributed by atoms with van der Waals surface area (Å²) in [5.74, 6) is -1.93. The summed E-state index contributed by atoms with van der Waals surface area (Å²) in [6.07, 6.45) is 3.98. The minimum Gasteiger partial charge on any atom is -0.475 e. The Balaban J connectivity index is 0.000000426. The number of rotatable bonds is 8. The van der Waals surface area contributed by atoms with Crippen LogP contribution in [-0.4, -0.2) is 76.3 Å². The number of nitrogens with zero attached hydrogens (tertiary/aromatic N) is 8. The van der Waals surface area contributed by atoms with Gasteiger partial charge in [0.15, 0.2) is 5.82 Å². The van der Waals surface area contributed by atoms with E-state index in [0.29, 0.717) is 12.0 Å². The zero-order valence-corrected chi connectivity index (χ0v) is 20.5. The second-order valence-corrected chi connectivity index (χ2v) is 9.47. The Morgan fingerprint density at radius 3 is 2.61 bits per heavy atom. The number of carbonyl (C=O) groups is 2. The SMILES string of the molecule is COC(=O)c1cc(C(NC2CC(Cn3cncn3)C2)c2nnnn2C2(C)CC2)ccn1.O=C(O)C(F)(F)F. The summed E-state index contributed by atoms with van der Waals surface area (Å²) in [6, 6.07) is 3.70. The van der Waals surface area contributed by atoms with Gasteiger partial charge in [-0.15, -0.1) is 5.10 Å². The molecule has 0 spiro atoms. The standard InChI is InChI=1S/C20H25N9O2.C2HF3O2/c1-20(4-5-20)29-18(25-26-27-29)17(14-3-6-22-16(9-14)19(30)31-2)24-15-7-13(8-15)10-28-12-21-11-23-28;3-2(4,5)1(6)7/h3,6,9,11-13,15,17,24H,4-5,7-8,10H2,1-2H3;(H,6,7). The van der Waals surface area contributed by atoms with Crippen molar-refractivity contribution in [3.63, 3.8) is 0 Å². The van der Waals surface area contributed by atoms with Gasteiger partial charge in [0.25, 0.3) is 0 Å². The maximum absolute atomic E-state index is 12.0. The molecule has 2 aliphatic rings. The van der Waals surface area contributed by atoms with Crippen LogP contribution in [0.25, 0.3) is 0 Å². The number of carbonyl (C=O) groups excluding carboxylic acids is 1. The molecule has 3 aromatic heterocycles. The van der Waals surface area contributed by atoms with E-state index >= 15 is 0 Å². The number of carboxylic acids is 1. The average molecular weight is 538 g/mol. The third-order valence-electron chi connectivity index (χ3n) is 6.54. The van der Waals surface area contributed by atoms with Crippen LogP contribution in [0.2, 0.25) is 0 Å². The number of aromatic nitrogens is 8. The lowest BCUT2D eigenvalue weighted by Crippen LogP contribution is -2.45. The quantitative estimate of drug-likeness (QED) is 0.403. The third-order valence-corrected chi connectivity index (χ3v) is 6.54. The number of halogens is 3. The Morgan fingerprint density at radius 1 is 1.32 bits per heavy atom. The summed E-state index contributed by atoms with van der Waals surface area (Å²) in [5, 5.41) is 27.6. The molecule has 0 aliphatic heterocycles. The molecular weight excluding hydrogens is 511 g/mol. The van der Waals surface area contributed by atoms with Crippen molar-refractivity contribution >= 4 is 11.9 Å². The average Bonchev–Trinajstić information content (AvgIpc) is 3.24. The summed E-state index contributed by atoms with van der Waals surface area (Å²) >= 11 is 0. The lowest BCUT2D eigenvalue weighted by molar-refractivity contribution is -0.192. The van der Waals surface area contributed by atoms with Gasteiger partial charge in [0.05, 0.1) is 18.7 Å². The van der Waals surface area contributed by atoms with Gasteiger partial charge in [0.1, 0.15) is 18.3 Å². The van der Waals surface area contributed by atoms with E-state index in [2.05, 4.69) is 42.8 Å². The third kappa shape index (κ3) is 6.30. The molecule has 16 heteroatoms. The number of hydrogen-bond acceptors (Lipinski definition) is 10. The number of carboxylic acid groups (broad SMARTS) is 1. The summed E-state index contributed by atoms with van der Waals surface area (Å²) in [6.45, 7) is 3.02. The van der Waals surface area contributed by atoms with Gasteiger partial charge in [-0.3, -0.25) is 4.68 Å². The van der Waals surface area contributed by atoms with Crippen LogP contribution in [0.3, 0.4) is 0 Å². The normalized spacial score (nSPS) is 20.4. The van der Waals surface area contributed by atoms with Gasteiger partial charge in [0.2, 0.25) is 0 Å². The molecule has 0 bridgehead atoms. The number of aliphatic carboxylic acids is 1. The molecule has 2 aliphatic carbocycles.